The Balaban J connectivity index is 1.16. The van der Waals surface area contributed by atoms with E-state index >= 15 is 0 Å². The lowest BCUT2D eigenvalue weighted by molar-refractivity contribution is -0.150. The zero-order chi connectivity index (χ0) is 22.6. The average molecular weight is 532 g/mol. The van der Waals surface area contributed by atoms with Gasteiger partial charge in [-0.3, -0.25) is 4.79 Å². The predicted octanol–water partition coefficient (Wildman–Crippen LogP) is 4.86. The van der Waals surface area contributed by atoms with E-state index in [1.165, 1.54) is 6.42 Å². The standard InChI is InChI=1S/C23H24BrClN6O2/c24-17-1-3-19(4-2-17)33-14-30-11-18(10-27-30)28-20(32)22-6-15-5-16(7-22)9-23(8-15,12-22)31-13-26-21(25)29-31/h1-4,10-11,13,15-16H,5-9,12,14H2,(H,28,32). The van der Waals surface area contributed by atoms with Gasteiger partial charge in [-0.2, -0.15) is 5.10 Å². The minimum atomic E-state index is -0.390. The molecule has 2 unspecified atom stereocenters. The van der Waals surface area contributed by atoms with Gasteiger partial charge in [-0.1, -0.05) is 15.9 Å². The van der Waals surface area contributed by atoms with Crippen LogP contribution in [-0.4, -0.2) is 30.5 Å². The SMILES string of the molecule is O=C(Nc1cnn(COc2ccc(Br)cc2)c1)C12CC3CC(C1)CC(n1cnc(Cl)n1)(C3)C2. The van der Waals surface area contributed by atoms with Crippen LogP contribution in [0.5, 0.6) is 5.75 Å². The number of hydrogen-bond donors (Lipinski definition) is 1. The van der Waals surface area contributed by atoms with E-state index in [1.807, 2.05) is 35.1 Å². The zero-order valence-electron chi connectivity index (χ0n) is 18.0. The number of carbonyl (C=O) groups is 1. The maximum atomic E-state index is 13.6. The van der Waals surface area contributed by atoms with E-state index in [4.69, 9.17) is 16.3 Å². The fourth-order valence-electron chi connectivity index (χ4n) is 6.65. The van der Waals surface area contributed by atoms with Crippen molar-refractivity contribution in [2.45, 2.75) is 50.8 Å². The summed E-state index contributed by atoms with van der Waals surface area (Å²) >= 11 is 9.45. The number of benzene rings is 1. The molecular formula is C23H24BrClN6O2. The van der Waals surface area contributed by atoms with E-state index in [-0.39, 0.29) is 23.5 Å². The first kappa shape index (κ1) is 21.2. The van der Waals surface area contributed by atoms with Crippen LogP contribution in [0.25, 0.3) is 0 Å². The number of hydrogen-bond acceptors (Lipinski definition) is 5. The fraction of sp³-hybridized carbons (Fsp3) is 0.478. The summed E-state index contributed by atoms with van der Waals surface area (Å²) in [7, 11) is 0. The average Bonchev–Trinajstić information content (AvgIpc) is 3.42. The summed E-state index contributed by atoms with van der Waals surface area (Å²) in [5, 5.41) is 12.2. The molecule has 1 N–H and O–H groups in total. The van der Waals surface area contributed by atoms with Crippen LogP contribution in [0.2, 0.25) is 5.28 Å². The van der Waals surface area contributed by atoms with Gasteiger partial charge >= 0.3 is 0 Å². The number of carbonyl (C=O) groups excluding carboxylic acids is 1. The van der Waals surface area contributed by atoms with Crippen molar-refractivity contribution in [1.82, 2.24) is 24.5 Å². The fourth-order valence-corrected chi connectivity index (χ4v) is 7.04. The molecular weight excluding hydrogens is 508 g/mol. The summed E-state index contributed by atoms with van der Waals surface area (Å²) in [6, 6.07) is 7.63. The number of rotatable bonds is 6. The van der Waals surface area contributed by atoms with Crippen molar-refractivity contribution in [3.63, 3.8) is 0 Å². The Hall–Kier alpha value is -2.39. The van der Waals surface area contributed by atoms with E-state index in [0.29, 0.717) is 17.5 Å². The Morgan fingerprint density at radius 1 is 1.21 bits per heavy atom. The van der Waals surface area contributed by atoms with Crippen molar-refractivity contribution in [3.8, 4) is 5.75 Å². The summed E-state index contributed by atoms with van der Waals surface area (Å²) < 4.78 is 10.4. The van der Waals surface area contributed by atoms with Crippen LogP contribution >= 0.6 is 27.5 Å². The van der Waals surface area contributed by atoms with Crippen molar-refractivity contribution in [3.05, 3.63) is 52.7 Å². The highest BCUT2D eigenvalue weighted by atomic mass is 79.9. The quantitative estimate of drug-likeness (QED) is 0.491. The number of nitrogens with zero attached hydrogens (tertiary/aromatic N) is 5. The lowest BCUT2D eigenvalue weighted by atomic mass is 9.46. The molecule has 2 heterocycles. The minimum Gasteiger partial charge on any atom is -0.471 e. The molecule has 4 aliphatic rings. The van der Waals surface area contributed by atoms with E-state index in [2.05, 4.69) is 36.4 Å². The van der Waals surface area contributed by atoms with Crippen LogP contribution in [0.4, 0.5) is 5.69 Å². The second-order valence-corrected chi connectivity index (χ2v) is 11.1. The largest absolute Gasteiger partial charge is 0.471 e. The zero-order valence-corrected chi connectivity index (χ0v) is 20.3. The number of ether oxygens (including phenoxy) is 1. The monoisotopic (exact) mass is 530 g/mol. The maximum absolute atomic E-state index is 13.6. The molecule has 3 aromatic rings. The van der Waals surface area contributed by atoms with E-state index in [0.717, 1.165) is 42.3 Å². The predicted molar refractivity (Wildman–Crippen MR) is 126 cm³/mol. The molecule has 8 nitrogen and oxygen atoms in total. The number of nitrogens with one attached hydrogen (secondary N) is 1. The molecule has 2 atom stereocenters. The molecule has 0 spiro atoms. The van der Waals surface area contributed by atoms with E-state index in [1.54, 1.807) is 17.2 Å². The smallest absolute Gasteiger partial charge is 0.242 e. The topological polar surface area (TPSA) is 86.9 Å². The summed E-state index contributed by atoms with van der Waals surface area (Å²) in [5.74, 6) is 1.90. The molecule has 172 valence electrons. The van der Waals surface area contributed by atoms with Crippen molar-refractivity contribution in [2.24, 2.45) is 17.3 Å². The van der Waals surface area contributed by atoms with Crippen molar-refractivity contribution in [1.29, 1.82) is 0 Å². The molecule has 7 rings (SSSR count). The first-order chi connectivity index (χ1) is 15.9. The third-order valence-corrected chi connectivity index (χ3v) is 8.23. The van der Waals surface area contributed by atoms with Gasteiger partial charge in [0.05, 0.1) is 29.0 Å². The molecule has 4 bridgehead atoms. The molecule has 4 saturated carbocycles. The van der Waals surface area contributed by atoms with Gasteiger partial charge in [0.2, 0.25) is 11.2 Å². The third kappa shape index (κ3) is 3.85. The Kier molecular flexibility index (Phi) is 5.03. The Labute approximate surface area is 204 Å². The summed E-state index contributed by atoms with van der Waals surface area (Å²) in [6.07, 6.45) is 11.1. The molecule has 0 radical (unpaired) electrons. The Bertz CT molecular complexity index is 1180. The second-order valence-electron chi connectivity index (χ2n) is 9.87. The molecule has 10 heteroatoms. The lowest BCUT2D eigenvalue weighted by Crippen LogP contribution is -2.60. The first-order valence-corrected chi connectivity index (χ1v) is 12.4. The van der Waals surface area contributed by atoms with Gasteiger partial charge in [0.15, 0.2) is 6.73 Å². The van der Waals surface area contributed by atoms with Crippen LogP contribution in [-0.2, 0) is 17.1 Å². The van der Waals surface area contributed by atoms with Gasteiger partial charge in [-0.05, 0) is 86.2 Å². The van der Waals surface area contributed by atoms with Gasteiger partial charge in [0.25, 0.3) is 0 Å². The van der Waals surface area contributed by atoms with Crippen LogP contribution < -0.4 is 10.1 Å². The summed E-state index contributed by atoms with van der Waals surface area (Å²) in [6.45, 7) is 0.267. The molecule has 1 aromatic carbocycles. The Morgan fingerprint density at radius 2 is 1.97 bits per heavy atom. The van der Waals surface area contributed by atoms with Crippen molar-refractivity contribution < 1.29 is 9.53 Å². The van der Waals surface area contributed by atoms with Crippen molar-refractivity contribution >= 4 is 39.1 Å². The van der Waals surface area contributed by atoms with Gasteiger partial charge in [-0.25, -0.2) is 14.3 Å². The van der Waals surface area contributed by atoms with Crippen LogP contribution in [0.3, 0.4) is 0 Å². The minimum absolute atomic E-state index is 0.0839. The third-order valence-electron chi connectivity index (χ3n) is 7.53. The van der Waals surface area contributed by atoms with E-state index < -0.39 is 5.41 Å². The molecule has 2 aromatic heterocycles. The van der Waals surface area contributed by atoms with Crippen LogP contribution in [0.1, 0.15) is 38.5 Å². The second kappa shape index (κ2) is 7.84. The summed E-state index contributed by atoms with van der Waals surface area (Å²) in [4.78, 5) is 17.8. The number of aromatic nitrogens is 5. The lowest BCUT2D eigenvalue weighted by Gasteiger charge is -2.60. The molecule has 4 fully saturated rings. The van der Waals surface area contributed by atoms with Gasteiger partial charge in [-0.15, -0.1) is 5.10 Å². The van der Waals surface area contributed by atoms with Crippen LogP contribution in [0, 0.1) is 17.3 Å². The summed E-state index contributed by atoms with van der Waals surface area (Å²) in [5.41, 5.74) is 0.135. The molecule has 33 heavy (non-hydrogen) atoms. The number of amides is 1. The number of anilines is 1. The van der Waals surface area contributed by atoms with Crippen molar-refractivity contribution in [2.75, 3.05) is 5.32 Å². The van der Waals surface area contributed by atoms with E-state index in [9.17, 15) is 4.79 Å². The number of halogens is 2. The normalized spacial score (nSPS) is 29.9. The first-order valence-electron chi connectivity index (χ1n) is 11.2. The highest BCUT2D eigenvalue weighted by molar-refractivity contribution is 9.10. The maximum Gasteiger partial charge on any atom is 0.242 e. The Morgan fingerprint density at radius 3 is 2.67 bits per heavy atom. The van der Waals surface area contributed by atoms with Gasteiger partial charge < -0.3 is 10.1 Å². The molecule has 0 saturated heterocycles. The van der Waals surface area contributed by atoms with Gasteiger partial charge in [0, 0.05) is 4.47 Å². The molecule has 1 amide bonds. The highest BCUT2D eigenvalue weighted by Gasteiger charge is 2.61. The molecule has 4 aliphatic carbocycles. The highest BCUT2D eigenvalue weighted by Crippen LogP contribution is 2.64. The van der Waals surface area contributed by atoms with Gasteiger partial charge in [0.1, 0.15) is 12.1 Å². The van der Waals surface area contributed by atoms with Crippen LogP contribution in [0.15, 0.2) is 47.5 Å². The molecule has 0 aliphatic heterocycles.